The van der Waals surface area contributed by atoms with Gasteiger partial charge < -0.3 is 5.32 Å². The van der Waals surface area contributed by atoms with Crippen molar-refractivity contribution in [2.45, 2.75) is 52.0 Å². The van der Waals surface area contributed by atoms with E-state index < -0.39 is 10.0 Å². The molecule has 0 bridgehead atoms. The molecule has 2 aromatic rings. The molecule has 2 aromatic carbocycles. The number of benzene rings is 2. The largest absolute Gasteiger partial charge is 0.350 e. The second-order valence-corrected chi connectivity index (χ2v) is 9.85. The van der Waals surface area contributed by atoms with E-state index in [1.807, 2.05) is 26.0 Å². The zero-order valence-electron chi connectivity index (χ0n) is 17.4. The summed E-state index contributed by atoms with van der Waals surface area (Å²) in [4.78, 5) is 12.4. The molecule has 156 valence electrons. The van der Waals surface area contributed by atoms with E-state index in [-0.39, 0.29) is 24.9 Å². The van der Waals surface area contributed by atoms with Gasteiger partial charge in [0.15, 0.2) is 0 Å². The highest BCUT2D eigenvalue weighted by molar-refractivity contribution is 7.92. The van der Waals surface area contributed by atoms with E-state index in [9.17, 15) is 13.2 Å². The van der Waals surface area contributed by atoms with Crippen molar-refractivity contribution < 1.29 is 13.2 Å². The van der Waals surface area contributed by atoms with Crippen LogP contribution in [-0.2, 0) is 27.7 Å². The van der Waals surface area contributed by atoms with E-state index in [2.05, 4.69) is 23.5 Å². The fourth-order valence-corrected chi connectivity index (χ4v) is 4.80. The third-order valence-corrected chi connectivity index (χ3v) is 6.68. The molecule has 0 saturated heterocycles. The molecule has 0 radical (unpaired) electrons. The molecule has 1 N–H and O–H groups in total. The Kier molecular flexibility index (Phi) is 6.63. The lowest BCUT2D eigenvalue weighted by molar-refractivity contribution is -0.121. The smallest absolute Gasteiger partial charge is 0.232 e. The van der Waals surface area contributed by atoms with Gasteiger partial charge in [-0.25, -0.2) is 8.42 Å². The summed E-state index contributed by atoms with van der Waals surface area (Å²) in [6.07, 6.45) is 5.41. The lowest BCUT2D eigenvalue weighted by Crippen LogP contribution is -2.32. The molecule has 0 unspecified atom stereocenters. The molecule has 0 spiro atoms. The fraction of sp³-hybridized carbons (Fsp3) is 0.435. The first-order valence-corrected chi connectivity index (χ1v) is 12.0. The summed E-state index contributed by atoms with van der Waals surface area (Å²) in [5.41, 5.74) is 5.64. The minimum atomic E-state index is -3.40. The van der Waals surface area contributed by atoms with E-state index in [0.717, 1.165) is 24.0 Å². The normalized spacial score (nSPS) is 14.3. The number of sulfonamides is 1. The third kappa shape index (κ3) is 5.60. The molecule has 0 saturated carbocycles. The quantitative estimate of drug-likeness (QED) is 0.712. The van der Waals surface area contributed by atoms with Crippen LogP contribution < -0.4 is 9.62 Å². The maximum Gasteiger partial charge on any atom is 0.232 e. The van der Waals surface area contributed by atoms with Crippen molar-refractivity contribution >= 4 is 21.6 Å². The Labute approximate surface area is 174 Å². The minimum absolute atomic E-state index is 0.0588. The number of fused-ring (bicyclic) bond motifs is 1. The van der Waals surface area contributed by atoms with Gasteiger partial charge in [-0.2, -0.15) is 0 Å². The van der Waals surface area contributed by atoms with Gasteiger partial charge in [-0.05, 0) is 68.4 Å². The van der Waals surface area contributed by atoms with Gasteiger partial charge in [0.2, 0.25) is 15.9 Å². The summed E-state index contributed by atoms with van der Waals surface area (Å²) in [6, 6.07) is 13.8. The van der Waals surface area contributed by atoms with Gasteiger partial charge in [0.25, 0.3) is 0 Å². The van der Waals surface area contributed by atoms with Crippen LogP contribution >= 0.6 is 0 Å². The number of nitrogens with zero attached hydrogens (tertiary/aromatic N) is 1. The van der Waals surface area contributed by atoms with Gasteiger partial charge in [0, 0.05) is 13.0 Å². The Morgan fingerprint density at radius 2 is 1.79 bits per heavy atom. The first kappa shape index (κ1) is 21.4. The van der Waals surface area contributed by atoms with Crippen LogP contribution in [0.2, 0.25) is 0 Å². The van der Waals surface area contributed by atoms with E-state index in [1.165, 1.54) is 28.1 Å². The maximum absolute atomic E-state index is 12.4. The predicted molar refractivity (Wildman–Crippen MR) is 118 cm³/mol. The topological polar surface area (TPSA) is 66.5 Å². The van der Waals surface area contributed by atoms with Gasteiger partial charge in [-0.1, -0.05) is 35.9 Å². The number of aryl methyl sites for hydroxylation is 3. The van der Waals surface area contributed by atoms with Crippen molar-refractivity contribution in [3.8, 4) is 0 Å². The van der Waals surface area contributed by atoms with Crippen molar-refractivity contribution in [1.82, 2.24) is 5.32 Å². The number of hydrogen-bond acceptors (Lipinski definition) is 3. The number of carbonyl (C=O) groups excluding carboxylic acids is 1. The summed E-state index contributed by atoms with van der Waals surface area (Å²) >= 11 is 0. The standard InChI is InChI=1S/C23H30N2O3S/c1-17-9-13-22(14-10-17)25(29(3,27)28)15-5-8-23(26)24-18(2)20-12-11-19-6-4-7-21(19)16-20/h9-14,16,18H,4-8,15H2,1-3H3,(H,24,26)/t18-/m0/s1. The maximum atomic E-state index is 12.4. The molecule has 6 heteroatoms. The molecular weight excluding hydrogens is 384 g/mol. The molecule has 1 atom stereocenters. The SMILES string of the molecule is Cc1ccc(N(CCCC(=O)N[C@@H](C)c2ccc3c(c2)CCC3)S(C)(=O)=O)cc1. The van der Waals surface area contributed by atoms with Crippen LogP contribution in [0.15, 0.2) is 42.5 Å². The van der Waals surface area contributed by atoms with E-state index in [1.54, 1.807) is 12.1 Å². The molecule has 0 fully saturated rings. The first-order chi connectivity index (χ1) is 13.7. The van der Waals surface area contributed by atoms with Crippen LogP contribution in [0.5, 0.6) is 0 Å². The molecule has 1 aliphatic rings. The lowest BCUT2D eigenvalue weighted by atomic mass is 10.0. The Hall–Kier alpha value is -2.34. The monoisotopic (exact) mass is 414 g/mol. The lowest BCUT2D eigenvalue weighted by Gasteiger charge is -2.22. The summed E-state index contributed by atoms with van der Waals surface area (Å²) in [5.74, 6) is -0.0599. The van der Waals surface area contributed by atoms with E-state index >= 15 is 0 Å². The van der Waals surface area contributed by atoms with Gasteiger partial charge in [0.1, 0.15) is 0 Å². The first-order valence-electron chi connectivity index (χ1n) is 10.2. The molecule has 0 heterocycles. The molecule has 1 aliphatic carbocycles. The Balaban J connectivity index is 1.54. The highest BCUT2D eigenvalue weighted by Crippen LogP contribution is 2.25. The van der Waals surface area contributed by atoms with Crippen LogP contribution in [0.25, 0.3) is 0 Å². The van der Waals surface area contributed by atoms with Crippen molar-refractivity contribution in [1.29, 1.82) is 0 Å². The van der Waals surface area contributed by atoms with Gasteiger partial charge in [-0.3, -0.25) is 9.10 Å². The van der Waals surface area contributed by atoms with Crippen molar-refractivity contribution in [2.75, 3.05) is 17.1 Å². The van der Waals surface area contributed by atoms with Gasteiger partial charge in [-0.15, -0.1) is 0 Å². The second kappa shape index (κ2) is 8.99. The van der Waals surface area contributed by atoms with Crippen LogP contribution in [0.1, 0.15) is 54.5 Å². The number of nitrogens with one attached hydrogen (secondary N) is 1. The molecule has 5 nitrogen and oxygen atoms in total. The number of rotatable bonds is 8. The molecule has 3 rings (SSSR count). The van der Waals surface area contributed by atoms with Crippen molar-refractivity contribution in [2.24, 2.45) is 0 Å². The summed E-state index contributed by atoms with van der Waals surface area (Å²) in [6.45, 7) is 4.23. The molecule has 0 aromatic heterocycles. The van der Waals surface area contributed by atoms with Crippen molar-refractivity contribution in [3.05, 3.63) is 64.7 Å². The van der Waals surface area contributed by atoms with Crippen LogP contribution in [-0.4, -0.2) is 27.1 Å². The van der Waals surface area contributed by atoms with E-state index in [4.69, 9.17) is 0 Å². The number of amides is 1. The molecule has 0 aliphatic heterocycles. The average molecular weight is 415 g/mol. The third-order valence-electron chi connectivity index (χ3n) is 5.49. The Bertz CT molecular complexity index is 968. The summed E-state index contributed by atoms with van der Waals surface area (Å²) < 4.78 is 25.7. The average Bonchev–Trinajstić information content (AvgIpc) is 3.13. The molecular formula is C23H30N2O3S. The van der Waals surface area contributed by atoms with Crippen LogP contribution in [0.3, 0.4) is 0 Å². The second-order valence-electron chi connectivity index (χ2n) is 7.95. The zero-order chi connectivity index (χ0) is 21.0. The predicted octanol–water partition coefficient (Wildman–Crippen LogP) is 3.91. The van der Waals surface area contributed by atoms with E-state index in [0.29, 0.717) is 12.1 Å². The Morgan fingerprint density at radius 1 is 1.10 bits per heavy atom. The number of anilines is 1. The summed E-state index contributed by atoms with van der Waals surface area (Å²) in [5, 5.41) is 3.04. The minimum Gasteiger partial charge on any atom is -0.350 e. The molecule has 29 heavy (non-hydrogen) atoms. The van der Waals surface area contributed by atoms with Crippen LogP contribution in [0, 0.1) is 6.92 Å². The highest BCUT2D eigenvalue weighted by atomic mass is 32.2. The highest BCUT2D eigenvalue weighted by Gasteiger charge is 2.18. The number of carbonyl (C=O) groups is 1. The zero-order valence-corrected chi connectivity index (χ0v) is 18.3. The number of hydrogen-bond donors (Lipinski definition) is 1. The van der Waals surface area contributed by atoms with Gasteiger partial charge >= 0.3 is 0 Å². The summed E-state index contributed by atoms with van der Waals surface area (Å²) in [7, 11) is -3.40. The molecule has 1 amide bonds. The van der Waals surface area contributed by atoms with Crippen LogP contribution in [0.4, 0.5) is 5.69 Å². The fourth-order valence-electron chi connectivity index (χ4n) is 3.84. The Morgan fingerprint density at radius 3 is 2.48 bits per heavy atom. The van der Waals surface area contributed by atoms with Crippen molar-refractivity contribution in [3.63, 3.8) is 0 Å². The van der Waals surface area contributed by atoms with Gasteiger partial charge in [0.05, 0.1) is 18.0 Å².